The highest BCUT2D eigenvalue weighted by Crippen LogP contribution is 2.25. The van der Waals surface area contributed by atoms with E-state index >= 15 is 0 Å². The summed E-state index contributed by atoms with van der Waals surface area (Å²) in [7, 11) is 0. The maximum absolute atomic E-state index is 9.89. The molecule has 0 heterocycles. The first kappa shape index (κ1) is 11.5. The summed E-state index contributed by atoms with van der Waals surface area (Å²) in [4.78, 5) is 0. The molecule has 0 bridgehead atoms. The second-order valence-electron chi connectivity index (χ2n) is 3.81. The molecule has 1 rings (SSSR count). The van der Waals surface area contributed by atoms with E-state index in [-0.39, 0.29) is 0 Å². The predicted octanol–water partition coefficient (Wildman–Crippen LogP) is 3.27. The van der Waals surface area contributed by atoms with E-state index in [2.05, 4.69) is 19.1 Å². The van der Waals surface area contributed by atoms with Crippen LogP contribution in [0.1, 0.15) is 34.8 Å². The van der Waals surface area contributed by atoms with Crippen LogP contribution in [0.3, 0.4) is 0 Å². The second kappa shape index (κ2) is 4.81. The first-order valence-electron chi connectivity index (χ1n) is 4.88. The molecule has 0 saturated heterocycles. The maximum Gasteiger partial charge on any atom is 0.0806 e. The highest BCUT2D eigenvalue weighted by atomic mass is 35.5. The Balaban J connectivity index is 3.07. The number of rotatable bonds is 3. The fourth-order valence-electron chi connectivity index (χ4n) is 1.96. The lowest BCUT2D eigenvalue weighted by atomic mass is 9.94. The second-order valence-corrected chi connectivity index (χ2v) is 4.18. The third-order valence-corrected chi connectivity index (χ3v) is 2.67. The van der Waals surface area contributed by atoms with Crippen molar-refractivity contribution in [2.24, 2.45) is 0 Å². The van der Waals surface area contributed by atoms with E-state index in [1.165, 1.54) is 5.56 Å². The summed E-state index contributed by atoms with van der Waals surface area (Å²) in [5.74, 6) is 0.494. The van der Waals surface area contributed by atoms with Crippen molar-refractivity contribution in [3.8, 4) is 0 Å². The van der Waals surface area contributed by atoms with Gasteiger partial charge in [0.25, 0.3) is 0 Å². The van der Waals surface area contributed by atoms with Crippen molar-refractivity contribution in [2.75, 3.05) is 5.88 Å². The summed E-state index contributed by atoms with van der Waals surface area (Å²) < 4.78 is 0. The zero-order valence-electron chi connectivity index (χ0n) is 8.97. The summed E-state index contributed by atoms with van der Waals surface area (Å²) in [5.41, 5.74) is 4.58. The molecule has 0 radical (unpaired) electrons. The van der Waals surface area contributed by atoms with Gasteiger partial charge in [-0.05, 0) is 43.9 Å². The van der Waals surface area contributed by atoms with Gasteiger partial charge in [-0.3, -0.25) is 0 Å². The summed E-state index contributed by atoms with van der Waals surface area (Å²) in [6, 6.07) is 4.19. The molecule has 1 nitrogen and oxygen atoms in total. The predicted molar refractivity (Wildman–Crippen MR) is 60.9 cm³/mol. The zero-order valence-corrected chi connectivity index (χ0v) is 9.73. The van der Waals surface area contributed by atoms with Crippen LogP contribution < -0.4 is 0 Å². The van der Waals surface area contributed by atoms with Crippen molar-refractivity contribution in [1.82, 2.24) is 0 Å². The molecule has 1 atom stereocenters. The minimum atomic E-state index is -0.423. The molecule has 0 aromatic heterocycles. The van der Waals surface area contributed by atoms with E-state index in [4.69, 9.17) is 11.6 Å². The Labute approximate surface area is 90.7 Å². The highest BCUT2D eigenvalue weighted by molar-refractivity contribution is 6.17. The van der Waals surface area contributed by atoms with Gasteiger partial charge in [-0.25, -0.2) is 0 Å². The van der Waals surface area contributed by atoms with Gasteiger partial charge in [0.05, 0.1) is 6.10 Å². The Morgan fingerprint density at radius 2 is 1.71 bits per heavy atom. The quantitative estimate of drug-likeness (QED) is 0.763. The molecule has 78 valence electrons. The molecule has 0 aliphatic rings. The lowest BCUT2D eigenvalue weighted by Crippen LogP contribution is -2.04. The van der Waals surface area contributed by atoms with E-state index in [1.807, 2.05) is 13.8 Å². The summed E-state index contributed by atoms with van der Waals surface area (Å²) in [6.07, 6.45) is 0.194. The normalized spacial score (nSPS) is 12.9. The average molecular weight is 213 g/mol. The molecule has 0 saturated carbocycles. The Hall–Kier alpha value is -0.530. The SMILES string of the molecule is Cc1cc(C)c(C(O)CCCl)c(C)c1. The van der Waals surface area contributed by atoms with Crippen LogP contribution in [0.2, 0.25) is 0 Å². The van der Waals surface area contributed by atoms with E-state index in [0.717, 1.165) is 16.7 Å². The van der Waals surface area contributed by atoms with E-state index < -0.39 is 6.10 Å². The van der Waals surface area contributed by atoms with Crippen molar-refractivity contribution in [3.63, 3.8) is 0 Å². The van der Waals surface area contributed by atoms with Crippen molar-refractivity contribution in [2.45, 2.75) is 33.3 Å². The monoisotopic (exact) mass is 212 g/mol. The Morgan fingerprint density at radius 1 is 1.21 bits per heavy atom. The molecule has 1 unspecified atom stereocenters. The van der Waals surface area contributed by atoms with Gasteiger partial charge >= 0.3 is 0 Å². The number of halogens is 1. The number of hydrogen-bond donors (Lipinski definition) is 1. The lowest BCUT2D eigenvalue weighted by molar-refractivity contribution is 0.173. The van der Waals surface area contributed by atoms with Crippen LogP contribution in [-0.4, -0.2) is 11.0 Å². The van der Waals surface area contributed by atoms with Gasteiger partial charge in [-0.15, -0.1) is 11.6 Å². The minimum absolute atomic E-state index is 0.423. The number of hydrogen-bond acceptors (Lipinski definition) is 1. The van der Waals surface area contributed by atoms with Crippen molar-refractivity contribution < 1.29 is 5.11 Å². The van der Waals surface area contributed by atoms with E-state index in [0.29, 0.717) is 12.3 Å². The Kier molecular flexibility index (Phi) is 3.97. The Morgan fingerprint density at radius 3 is 2.14 bits per heavy atom. The molecular weight excluding hydrogens is 196 g/mol. The third kappa shape index (κ3) is 2.49. The molecule has 1 N–H and O–H groups in total. The largest absolute Gasteiger partial charge is 0.388 e. The van der Waals surface area contributed by atoms with Crippen LogP contribution >= 0.6 is 11.6 Å². The number of alkyl halides is 1. The molecule has 0 spiro atoms. The fourth-order valence-corrected chi connectivity index (χ4v) is 2.17. The van der Waals surface area contributed by atoms with Crippen LogP contribution in [-0.2, 0) is 0 Å². The van der Waals surface area contributed by atoms with Crippen molar-refractivity contribution in [1.29, 1.82) is 0 Å². The lowest BCUT2D eigenvalue weighted by Gasteiger charge is -2.16. The number of aryl methyl sites for hydroxylation is 3. The van der Waals surface area contributed by atoms with Gasteiger partial charge in [-0.1, -0.05) is 17.7 Å². The molecule has 0 aliphatic heterocycles. The van der Waals surface area contributed by atoms with Crippen molar-refractivity contribution >= 4 is 11.6 Å². The fraction of sp³-hybridized carbons (Fsp3) is 0.500. The summed E-state index contributed by atoms with van der Waals surface area (Å²) in [5, 5.41) is 9.89. The van der Waals surface area contributed by atoms with Gasteiger partial charge in [0.15, 0.2) is 0 Å². The van der Waals surface area contributed by atoms with E-state index in [1.54, 1.807) is 0 Å². The van der Waals surface area contributed by atoms with Gasteiger partial charge in [0.2, 0.25) is 0 Å². The Bertz CT molecular complexity index is 297. The van der Waals surface area contributed by atoms with Crippen LogP contribution in [0, 0.1) is 20.8 Å². The number of aliphatic hydroxyl groups excluding tert-OH is 1. The highest BCUT2D eigenvalue weighted by Gasteiger charge is 2.12. The standard InChI is InChI=1S/C12H17ClO/c1-8-6-9(2)12(10(3)7-8)11(14)4-5-13/h6-7,11,14H,4-5H2,1-3H3. The molecular formula is C12H17ClO. The number of aliphatic hydroxyl groups is 1. The van der Waals surface area contributed by atoms with Crippen LogP contribution in [0.4, 0.5) is 0 Å². The third-order valence-electron chi connectivity index (χ3n) is 2.45. The minimum Gasteiger partial charge on any atom is -0.388 e. The van der Waals surface area contributed by atoms with Gasteiger partial charge < -0.3 is 5.11 Å². The molecule has 1 aromatic rings. The molecule has 2 heteroatoms. The van der Waals surface area contributed by atoms with E-state index in [9.17, 15) is 5.11 Å². The molecule has 0 aliphatic carbocycles. The molecule has 1 aromatic carbocycles. The molecule has 0 amide bonds. The topological polar surface area (TPSA) is 20.2 Å². The maximum atomic E-state index is 9.89. The first-order chi connectivity index (χ1) is 6.56. The first-order valence-corrected chi connectivity index (χ1v) is 5.41. The van der Waals surface area contributed by atoms with Crippen LogP contribution in [0.25, 0.3) is 0 Å². The van der Waals surface area contributed by atoms with Crippen LogP contribution in [0.15, 0.2) is 12.1 Å². The van der Waals surface area contributed by atoms with Gasteiger partial charge in [0.1, 0.15) is 0 Å². The summed E-state index contributed by atoms with van der Waals surface area (Å²) >= 11 is 5.62. The zero-order chi connectivity index (χ0) is 10.7. The summed E-state index contributed by atoms with van der Waals surface area (Å²) in [6.45, 7) is 6.14. The average Bonchev–Trinajstić information content (AvgIpc) is 2.01. The molecule has 14 heavy (non-hydrogen) atoms. The number of benzene rings is 1. The van der Waals surface area contributed by atoms with Crippen molar-refractivity contribution in [3.05, 3.63) is 34.4 Å². The van der Waals surface area contributed by atoms with Gasteiger partial charge in [-0.2, -0.15) is 0 Å². The molecule has 0 fully saturated rings. The van der Waals surface area contributed by atoms with Crippen LogP contribution in [0.5, 0.6) is 0 Å². The smallest absolute Gasteiger partial charge is 0.0806 e. The van der Waals surface area contributed by atoms with Gasteiger partial charge in [0, 0.05) is 5.88 Å².